The molecule has 32 heavy (non-hydrogen) atoms. The first-order valence-corrected chi connectivity index (χ1v) is 12.4. The van der Waals surface area contributed by atoms with E-state index in [-0.39, 0.29) is 25.0 Å². The molecule has 9 heteroatoms. The molecule has 3 rings (SSSR count). The molecule has 7 nitrogen and oxygen atoms in total. The van der Waals surface area contributed by atoms with Crippen LogP contribution in [0.4, 0.5) is 0 Å². The molecule has 3 unspecified atom stereocenters. The molecule has 1 aliphatic rings. The SMILES string of the molecule is O=C(OCC1CCC(OS(=O)(=O)CCl)CC1COC(=O)c1ccccc1)c1ccccc1. The van der Waals surface area contributed by atoms with E-state index in [1.165, 1.54) is 0 Å². The predicted molar refractivity (Wildman–Crippen MR) is 119 cm³/mol. The summed E-state index contributed by atoms with van der Waals surface area (Å²) in [6.07, 6.45) is 0.789. The third-order valence-corrected chi connectivity index (χ3v) is 7.02. The summed E-state index contributed by atoms with van der Waals surface area (Å²) in [5, 5.41) is -0.630. The lowest BCUT2D eigenvalue weighted by Crippen LogP contribution is -2.36. The molecular weight excluding hydrogens is 456 g/mol. The third-order valence-electron chi connectivity index (χ3n) is 5.38. The largest absolute Gasteiger partial charge is 0.462 e. The number of alkyl halides is 1. The van der Waals surface area contributed by atoms with Crippen LogP contribution < -0.4 is 0 Å². The summed E-state index contributed by atoms with van der Waals surface area (Å²) in [5.74, 6) is -1.25. The Labute approximate surface area is 192 Å². The number of carbonyl (C=O) groups is 2. The first-order chi connectivity index (χ1) is 15.4. The van der Waals surface area contributed by atoms with Gasteiger partial charge in [-0.2, -0.15) is 8.42 Å². The Morgan fingerprint density at radius 3 is 1.81 bits per heavy atom. The zero-order valence-corrected chi connectivity index (χ0v) is 19.0. The lowest BCUT2D eigenvalue weighted by atomic mass is 9.78. The summed E-state index contributed by atoms with van der Waals surface area (Å²) >= 11 is 5.45. The minimum absolute atomic E-state index is 0.0576. The van der Waals surface area contributed by atoms with Gasteiger partial charge in [-0.1, -0.05) is 36.4 Å². The van der Waals surface area contributed by atoms with E-state index in [9.17, 15) is 18.0 Å². The monoisotopic (exact) mass is 480 g/mol. The molecular formula is C23H25ClO7S. The topological polar surface area (TPSA) is 96.0 Å². The number of hydrogen-bond acceptors (Lipinski definition) is 7. The van der Waals surface area contributed by atoms with Crippen molar-refractivity contribution < 1.29 is 31.7 Å². The Morgan fingerprint density at radius 2 is 1.31 bits per heavy atom. The fourth-order valence-corrected chi connectivity index (χ4v) is 4.50. The second-order valence-electron chi connectivity index (χ2n) is 7.65. The van der Waals surface area contributed by atoms with Crippen molar-refractivity contribution in [1.82, 2.24) is 0 Å². The van der Waals surface area contributed by atoms with Crippen molar-refractivity contribution in [2.45, 2.75) is 25.4 Å². The van der Waals surface area contributed by atoms with Gasteiger partial charge in [0.1, 0.15) is 5.21 Å². The molecule has 0 N–H and O–H groups in total. The average Bonchev–Trinajstić information content (AvgIpc) is 2.82. The van der Waals surface area contributed by atoms with Crippen LogP contribution in [0, 0.1) is 11.8 Å². The highest BCUT2D eigenvalue weighted by Crippen LogP contribution is 2.33. The quantitative estimate of drug-likeness (QED) is 0.303. The summed E-state index contributed by atoms with van der Waals surface area (Å²) in [4.78, 5) is 24.7. The lowest BCUT2D eigenvalue weighted by Gasteiger charge is -2.34. The van der Waals surface area contributed by atoms with E-state index in [0.717, 1.165) is 0 Å². The van der Waals surface area contributed by atoms with Crippen LogP contribution >= 0.6 is 11.6 Å². The molecule has 0 aromatic heterocycles. The number of benzene rings is 2. The van der Waals surface area contributed by atoms with Crippen LogP contribution in [0.2, 0.25) is 0 Å². The molecule has 3 atom stereocenters. The molecule has 2 aromatic carbocycles. The van der Waals surface area contributed by atoms with Crippen molar-refractivity contribution in [3.63, 3.8) is 0 Å². The van der Waals surface area contributed by atoms with E-state index in [1.54, 1.807) is 54.6 Å². The second kappa shape index (κ2) is 11.4. The summed E-state index contributed by atoms with van der Waals surface area (Å²) in [7, 11) is -3.82. The normalized spacial score (nSPS) is 21.0. The summed E-state index contributed by atoms with van der Waals surface area (Å²) < 4.78 is 39.7. The molecule has 0 spiro atoms. The van der Waals surface area contributed by atoms with Crippen LogP contribution in [-0.4, -0.2) is 44.9 Å². The third kappa shape index (κ3) is 7.05. The molecule has 0 saturated heterocycles. The fourth-order valence-electron chi connectivity index (χ4n) is 3.71. The van der Waals surface area contributed by atoms with E-state index in [4.69, 9.17) is 25.3 Å². The van der Waals surface area contributed by atoms with Crippen molar-refractivity contribution in [3.8, 4) is 0 Å². The maximum atomic E-state index is 12.3. The zero-order chi connectivity index (χ0) is 23.0. The molecule has 1 aliphatic carbocycles. The van der Waals surface area contributed by atoms with Crippen LogP contribution in [0.25, 0.3) is 0 Å². The van der Waals surface area contributed by atoms with Crippen LogP contribution in [0.1, 0.15) is 40.0 Å². The van der Waals surface area contributed by atoms with Gasteiger partial charge in [0, 0.05) is 5.92 Å². The van der Waals surface area contributed by atoms with Gasteiger partial charge in [0.15, 0.2) is 0 Å². The minimum Gasteiger partial charge on any atom is -0.462 e. The Kier molecular flexibility index (Phi) is 8.67. The smallest absolute Gasteiger partial charge is 0.338 e. The highest BCUT2D eigenvalue weighted by atomic mass is 35.5. The van der Waals surface area contributed by atoms with Crippen molar-refractivity contribution in [2.75, 3.05) is 18.4 Å². The van der Waals surface area contributed by atoms with Gasteiger partial charge < -0.3 is 9.47 Å². The number of halogens is 1. The van der Waals surface area contributed by atoms with Crippen molar-refractivity contribution in [1.29, 1.82) is 0 Å². The van der Waals surface area contributed by atoms with Crippen LogP contribution in [0.5, 0.6) is 0 Å². The van der Waals surface area contributed by atoms with Gasteiger partial charge >= 0.3 is 11.9 Å². The highest BCUT2D eigenvalue weighted by molar-refractivity contribution is 7.87. The molecule has 0 radical (unpaired) electrons. The van der Waals surface area contributed by atoms with E-state index in [2.05, 4.69) is 0 Å². The van der Waals surface area contributed by atoms with Gasteiger partial charge in [-0.05, 0) is 49.4 Å². The predicted octanol–water partition coefficient (Wildman–Crippen LogP) is 4.03. The van der Waals surface area contributed by atoms with Crippen molar-refractivity contribution in [2.24, 2.45) is 11.8 Å². The number of hydrogen-bond donors (Lipinski definition) is 0. The molecule has 1 fully saturated rings. The van der Waals surface area contributed by atoms with Gasteiger partial charge in [-0.15, -0.1) is 11.6 Å². The second-order valence-corrected chi connectivity index (χ2v) is 9.83. The molecule has 2 aromatic rings. The van der Waals surface area contributed by atoms with E-state index in [0.29, 0.717) is 30.4 Å². The lowest BCUT2D eigenvalue weighted by molar-refractivity contribution is -0.00304. The minimum atomic E-state index is -3.82. The van der Waals surface area contributed by atoms with Crippen molar-refractivity contribution in [3.05, 3.63) is 71.8 Å². The maximum Gasteiger partial charge on any atom is 0.338 e. The molecule has 0 heterocycles. The fraction of sp³-hybridized carbons (Fsp3) is 0.391. The number of ether oxygens (including phenoxy) is 2. The van der Waals surface area contributed by atoms with Crippen molar-refractivity contribution >= 4 is 33.7 Å². The van der Waals surface area contributed by atoms with Gasteiger partial charge in [0.2, 0.25) is 0 Å². The number of esters is 2. The van der Waals surface area contributed by atoms with Crippen LogP contribution in [0.15, 0.2) is 60.7 Å². The van der Waals surface area contributed by atoms with E-state index in [1.807, 2.05) is 6.07 Å². The Bertz CT molecular complexity index is 996. The van der Waals surface area contributed by atoms with E-state index < -0.39 is 33.4 Å². The standard InChI is InChI=1S/C23H25ClO7S/c24-16-32(27,28)31-21-12-11-19(14-29-22(25)17-7-3-1-4-8-17)20(13-21)15-30-23(26)18-9-5-2-6-10-18/h1-10,19-21H,11-16H2. The maximum absolute atomic E-state index is 12.3. The molecule has 0 bridgehead atoms. The summed E-state index contributed by atoms with van der Waals surface area (Å²) in [5.41, 5.74) is 0.873. The highest BCUT2D eigenvalue weighted by Gasteiger charge is 2.35. The van der Waals surface area contributed by atoms with Gasteiger partial charge in [0.25, 0.3) is 10.1 Å². The first kappa shape index (κ1) is 24.2. The first-order valence-electron chi connectivity index (χ1n) is 10.3. The molecule has 0 aliphatic heterocycles. The summed E-state index contributed by atoms with van der Waals surface area (Å²) in [6, 6.07) is 17.2. The summed E-state index contributed by atoms with van der Waals surface area (Å²) in [6.45, 7) is 0.193. The van der Waals surface area contributed by atoms with Gasteiger partial charge in [0.05, 0.1) is 30.4 Å². The molecule has 1 saturated carbocycles. The number of carbonyl (C=O) groups excluding carboxylic acids is 2. The molecule has 172 valence electrons. The number of rotatable bonds is 9. The Balaban J connectivity index is 1.63. The zero-order valence-electron chi connectivity index (χ0n) is 17.4. The Hall–Kier alpha value is -2.42. The average molecular weight is 481 g/mol. The van der Waals surface area contributed by atoms with Gasteiger partial charge in [-0.25, -0.2) is 9.59 Å². The Morgan fingerprint density at radius 1 is 0.812 bits per heavy atom. The van der Waals surface area contributed by atoms with Gasteiger partial charge in [-0.3, -0.25) is 4.18 Å². The van der Waals surface area contributed by atoms with Crippen LogP contribution in [0.3, 0.4) is 0 Å². The van der Waals surface area contributed by atoms with E-state index >= 15 is 0 Å². The van der Waals surface area contributed by atoms with Crippen LogP contribution in [-0.2, 0) is 23.8 Å². The molecule has 0 amide bonds.